The highest BCUT2D eigenvalue weighted by Gasteiger charge is 2.14. The van der Waals surface area contributed by atoms with Crippen molar-refractivity contribution in [3.05, 3.63) is 59.9 Å². The monoisotopic (exact) mass is 334 g/mol. The van der Waals surface area contributed by atoms with Crippen LogP contribution in [-0.4, -0.2) is 26.0 Å². The van der Waals surface area contributed by atoms with Gasteiger partial charge in [-0.05, 0) is 36.2 Å². The van der Waals surface area contributed by atoms with E-state index in [1.54, 1.807) is 43.6 Å². The van der Waals surface area contributed by atoms with Crippen molar-refractivity contribution < 1.29 is 17.9 Å². The number of pyridine rings is 1. The van der Waals surface area contributed by atoms with Crippen LogP contribution in [0.25, 0.3) is 0 Å². The summed E-state index contributed by atoms with van der Waals surface area (Å²) in [7, 11) is -3.61. The third-order valence-electron chi connectivity index (χ3n) is 3.08. The Bertz CT molecular complexity index is 743. The Morgan fingerprint density at radius 3 is 2.52 bits per heavy atom. The van der Waals surface area contributed by atoms with Gasteiger partial charge in [0.1, 0.15) is 0 Å². The summed E-state index contributed by atoms with van der Waals surface area (Å²) >= 11 is 0. The van der Waals surface area contributed by atoms with Gasteiger partial charge in [-0.2, -0.15) is 0 Å². The minimum atomic E-state index is -3.61. The molecule has 1 aromatic carbocycles. The first-order valence-corrected chi connectivity index (χ1v) is 8.62. The molecule has 0 bridgehead atoms. The molecule has 0 saturated heterocycles. The van der Waals surface area contributed by atoms with Gasteiger partial charge in [-0.15, -0.1) is 0 Å². The van der Waals surface area contributed by atoms with E-state index in [1.807, 2.05) is 0 Å². The summed E-state index contributed by atoms with van der Waals surface area (Å²) in [6, 6.07) is 9.69. The average molecular weight is 334 g/mol. The molecular formula is C16H18N2O4S. The number of hydrogen-bond acceptors (Lipinski definition) is 5. The van der Waals surface area contributed by atoms with Gasteiger partial charge in [0.15, 0.2) is 0 Å². The van der Waals surface area contributed by atoms with E-state index < -0.39 is 10.0 Å². The number of nitrogens with one attached hydrogen (secondary N) is 1. The number of hydrogen-bond donors (Lipinski definition) is 1. The van der Waals surface area contributed by atoms with E-state index in [4.69, 9.17) is 4.74 Å². The lowest BCUT2D eigenvalue weighted by Gasteiger charge is -2.08. The van der Waals surface area contributed by atoms with Gasteiger partial charge in [-0.25, -0.2) is 13.1 Å². The molecule has 0 saturated carbocycles. The summed E-state index contributed by atoms with van der Waals surface area (Å²) < 4.78 is 31.8. The number of carbonyl (C=O) groups excluding carboxylic acids is 1. The molecule has 2 rings (SSSR count). The van der Waals surface area contributed by atoms with Gasteiger partial charge in [0.05, 0.1) is 17.9 Å². The van der Waals surface area contributed by atoms with Gasteiger partial charge in [-0.1, -0.05) is 18.2 Å². The highest BCUT2D eigenvalue weighted by molar-refractivity contribution is 7.89. The molecule has 122 valence electrons. The van der Waals surface area contributed by atoms with Crippen LogP contribution >= 0.6 is 0 Å². The molecular weight excluding hydrogens is 316 g/mol. The minimum absolute atomic E-state index is 0.122. The van der Waals surface area contributed by atoms with E-state index in [0.29, 0.717) is 12.2 Å². The quantitative estimate of drug-likeness (QED) is 0.779. The number of benzene rings is 1. The zero-order valence-electron chi connectivity index (χ0n) is 12.7. The molecule has 7 heteroatoms. The largest absolute Gasteiger partial charge is 0.466 e. The summed E-state index contributed by atoms with van der Waals surface area (Å²) in [4.78, 5) is 15.5. The Balaban J connectivity index is 2.01. The van der Waals surface area contributed by atoms with Gasteiger partial charge < -0.3 is 4.74 Å². The lowest BCUT2D eigenvalue weighted by molar-refractivity contribution is -0.142. The van der Waals surface area contributed by atoms with Crippen LogP contribution in [0.1, 0.15) is 18.1 Å². The van der Waals surface area contributed by atoms with Crippen LogP contribution in [0.15, 0.2) is 53.7 Å². The smallest absolute Gasteiger partial charge is 0.310 e. The number of sulfonamides is 1. The standard InChI is InChI=1S/C16H18N2O4S/c1-2-22-16(19)10-13-5-7-15(8-6-13)23(20,21)18-12-14-4-3-9-17-11-14/h3-9,11,18H,2,10,12H2,1H3. The molecule has 1 aromatic heterocycles. The van der Waals surface area contributed by atoms with Crippen LogP contribution in [0.5, 0.6) is 0 Å². The fraction of sp³-hybridized carbons (Fsp3) is 0.250. The number of nitrogens with zero attached hydrogens (tertiary/aromatic N) is 1. The number of rotatable bonds is 7. The van der Waals surface area contributed by atoms with E-state index in [2.05, 4.69) is 9.71 Å². The fourth-order valence-corrected chi connectivity index (χ4v) is 2.95. The normalized spacial score (nSPS) is 11.2. The first-order chi connectivity index (χ1) is 11.0. The molecule has 0 aliphatic carbocycles. The van der Waals surface area contributed by atoms with Crippen molar-refractivity contribution in [3.8, 4) is 0 Å². The van der Waals surface area contributed by atoms with Gasteiger partial charge >= 0.3 is 5.97 Å². The SMILES string of the molecule is CCOC(=O)Cc1ccc(S(=O)(=O)NCc2cccnc2)cc1. The lowest BCUT2D eigenvalue weighted by Crippen LogP contribution is -2.23. The van der Waals surface area contributed by atoms with Crippen LogP contribution < -0.4 is 4.72 Å². The molecule has 2 aromatic rings. The van der Waals surface area contributed by atoms with Gasteiger partial charge in [0.2, 0.25) is 10.0 Å². The van der Waals surface area contributed by atoms with Crippen LogP contribution in [0.2, 0.25) is 0 Å². The minimum Gasteiger partial charge on any atom is -0.466 e. The van der Waals surface area contributed by atoms with Crippen molar-refractivity contribution in [2.24, 2.45) is 0 Å². The first-order valence-electron chi connectivity index (χ1n) is 7.14. The van der Waals surface area contributed by atoms with Crippen LogP contribution in [0, 0.1) is 0 Å². The highest BCUT2D eigenvalue weighted by atomic mass is 32.2. The summed E-state index contributed by atoms with van der Waals surface area (Å²) in [5, 5.41) is 0. The topological polar surface area (TPSA) is 85.4 Å². The van der Waals surface area contributed by atoms with Crippen LogP contribution in [-0.2, 0) is 32.5 Å². The molecule has 0 unspecified atom stereocenters. The third kappa shape index (κ3) is 5.15. The molecule has 0 atom stereocenters. The maximum absolute atomic E-state index is 12.2. The van der Waals surface area contributed by atoms with Gasteiger partial charge in [-0.3, -0.25) is 9.78 Å². The Labute approximate surface area is 135 Å². The summed E-state index contributed by atoms with van der Waals surface area (Å²) in [6.45, 7) is 2.23. The molecule has 0 spiro atoms. The van der Waals surface area contributed by atoms with E-state index in [1.165, 1.54) is 12.1 Å². The Morgan fingerprint density at radius 1 is 1.17 bits per heavy atom. The second-order valence-corrected chi connectivity index (χ2v) is 6.58. The van der Waals surface area contributed by atoms with E-state index in [-0.39, 0.29) is 23.8 Å². The Hall–Kier alpha value is -2.25. The molecule has 0 aliphatic rings. The molecule has 0 radical (unpaired) electrons. The summed E-state index contributed by atoms with van der Waals surface area (Å²) in [6.07, 6.45) is 3.35. The van der Waals surface area contributed by atoms with Crippen molar-refractivity contribution in [2.45, 2.75) is 24.8 Å². The molecule has 1 N–H and O–H groups in total. The maximum atomic E-state index is 12.2. The second-order valence-electron chi connectivity index (χ2n) is 4.81. The number of ether oxygens (including phenoxy) is 1. The van der Waals surface area contributed by atoms with Gasteiger partial charge in [0, 0.05) is 18.9 Å². The fourth-order valence-electron chi connectivity index (χ4n) is 1.93. The Morgan fingerprint density at radius 2 is 1.91 bits per heavy atom. The van der Waals surface area contributed by atoms with Crippen molar-refractivity contribution in [1.29, 1.82) is 0 Å². The average Bonchev–Trinajstić information content (AvgIpc) is 2.55. The summed E-state index contributed by atoms with van der Waals surface area (Å²) in [5.41, 5.74) is 1.48. The van der Waals surface area contributed by atoms with Gasteiger partial charge in [0.25, 0.3) is 0 Å². The van der Waals surface area contributed by atoms with E-state index in [9.17, 15) is 13.2 Å². The van der Waals surface area contributed by atoms with Crippen molar-refractivity contribution in [3.63, 3.8) is 0 Å². The van der Waals surface area contributed by atoms with Crippen LogP contribution in [0.4, 0.5) is 0 Å². The lowest BCUT2D eigenvalue weighted by atomic mass is 10.1. The number of carbonyl (C=O) groups is 1. The number of aromatic nitrogens is 1. The molecule has 0 aliphatic heterocycles. The second kappa shape index (κ2) is 7.85. The number of esters is 1. The molecule has 23 heavy (non-hydrogen) atoms. The third-order valence-corrected chi connectivity index (χ3v) is 4.49. The Kier molecular flexibility index (Phi) is 5.84. The maximum Gasteiger partial charge on any atom is 0.310 e. The van der Waals surface area contributed by atoms with Crippen molar-refractivity contribution in [2.75, 3.05) is 6.61 Å². The predicted molar refractivity (Wildman–Crippen MR) is 85.0 cm³/mol. The van der Waals surface area contributed by atoms with Crippen LogP contribution in [0.3, 0.4) is 0 Å². The first kappa shape index (κ1) is 17.1. The summed E-state index contributed by atoms with van der Waals surface area (Å²) in [5.74, 6) is -0.335. The highest BCUT2D eigenvalue weighted by Crippen LogP contribution is 2.12. The van der Waals surface area contributed by atoms with Crippen molar-refractivity contribution >= 4 is 16.0 Å². The zero-order chi connectivity index (χ0) is 16.7. The zero-order valence-corrected chi connectivity index (χ0v) is 13.5. The van der Waals surface area contributed by atoms with E-state index in [0.717, 1.165) is 5.56 Å². The molecule has 1 heterocycles. The molecule has 0 fully saturated rings. The predicted octanol–water partition coefficient (Wildman–Crippen LogP) is 1.67. The molecule has 0 amide bonds. The van der Waals surface area contributed by atoms with Crippen molar-refractivity contribution in [1.82, 2.24) is 9.71 Å². The molecule has 6 nitrogen and oxygen atoms in total. The van der Waals surface area contributed by atoms with E-state index >= 15 is 0 Å².